The fourth-order valence-corrected chi connectivity index (χ4v) is 6.06. The van der Waals surface area contributed by atoms with Gasteiger partial charge in [-0.15, -0.1) is 0 Å². The van der Waals surface area contributed by atoms with Gasteiger partial charge < -0.3 is 30.3 Å². The summed E-state index contributed by atoms with van der Waals surface area (Å²) in [7, 11) is 0. The van der Waals surface area contributed by atoms with E-state index in [9.17, 15) is 28.2 Å². The van der Waals surface area contributed by atoms with Gasteiger partial charge in [0.15, 0.2) is 17.0 Å². The highest BCUT2D eigenvalue weighted by Gasteiger charge is 2.51. The van der Waals surface area contributed by atoms with Gasteiger partial charge in [0.1, 0.15) is 12.2 Å². The van der Waals surface area contributed by atoms with Crippen molar-refractivity contribution in [2.24, 2.45) is 5.41 Å². The molecule has 0 unspecified atom stereocenters. The normalized spacial score (nSPS) is 25.3. The number of carbonyl (C=O) groups excluding carboxylic acids is 1. The van der Waals surface area contributed by atoms with Gasteiger partial charge in [-0.1, -0.05) is 34.6 Å². The van der Waals surface area contributed by atoms with Crippen molar-refractivity contribution >= 4 is 28.8 Å². The first-order valence-corrected chi connectivity index (χ1v) is 15.0. The predicted octanol–water partition coefficient (Wildman–Crippen LogP) is 3.41. The number of nitrogens with one attached hydrogen (secondary N) is 2. The average molecular weight is 599 g/mol. The molecule has 2 aromatic heterocycles. The number of nitrogens with zero attached hydrogens (tertiary/aromatic N) is 6. The lowest BCUT2D eigenvalue weighted by Gasteiger charge is -2.31. The molecule has 0 radical (unpaired) electrons. The van der Waals surface area contributed by atoms with E-state index < -0.39 is 36.4 Å². The lowest BCUT2D eigenvalue weighted by atomic mass is 9.92. The van der Waals surface area contributed by atoms with Crippen molar-refractivity contribution < 1.29 is 28.2 Å². The zero-order valence-corrected chi connectivity index (χ0v) is 25.2. The van der Waals surface area contributed by atoms with E-state index in [1.807, 2.05) is 0 Å². The zero-order valence-electron chi connectivity index (χ0n) is 25.2. The number of aliphatic hydroxyl groups excluding tert-OH is 2. The molecule has 0 spiro atoms. The van der Waals surface area contributed by atoms with Crippen LogP contribution in [-0.4, -0.2) is 109 Å². The van der Waals surface area contributed by atoms with Crippen molar-refractivity contribution in [3.63, 3.8) is 0 Å². The molecule has 2 aliphatic rings. The van der Waals surface area contributed by atoms with Crippen LogP contribution in [0.2, 0.25) is 0 Å². The molecule has 2 fully saturated rings. The molecule has 42 heavy (non-hydrogen) atoms. The van der Waals surface area contributed by atoms with Gasteiger partial charge in [-0.25, -0.2) is 4.98 Å². The van der Waals surface area contributed by atoms with Crippen LogP contribution in [0.5, 0.6) is 0 Å². The van der Waals surface area contributed by atoms with Crippen LogP contribution in [0.15, 0.2) is 6.33 Å². The molecular formula is C28H45F3N8O3. The molecule has 4 N–H and O–H groups in total. The maximum absolute atomic E-state index is 13.4. The molecular weight excluding hydrogens is 553 g/mol. The lowest BCUT2D eigenvalue weighted by Crippen LogP contribution is -2.51. The van der Waals surface area contributed by atoms with E-state index in [0.29, 0.717) is 47.0 Å². The standard InChI is InChI=1S/C28H45F3N8O3/c1-6-12-38(25(42)28(29,30)31)18-14-19(22(41)21(18)40)39-16-34-20-23(32-11-10-27(3,4)5)35-26(36-24(20)39)33-15-17-9-8-13-37(17)7-2/h16-19,21-22,40-41H,6-15H2,1-5H3,(H2,32,33,35,36)/t17-,18+,19-,21-,22+/m1/s1. The maximum atomic E-state index is 13.4. The van der Waals surface area contributed by atoms with Crippen molar-refractivity contribution in [3.8, 4) is 0 Å². The Balaban J connectivity index is 1.66. The summed E-state index contributed by atoms with van der Waals surface area (Å²) in [4.78, 5) is 29.2. The number of imidazole rings is 1. The molecule has 1 amide bonds. The minimum absolute atomic E-state index is 0.0863. The van der Waals surface area contributed by atoms with Crippen LogP contribution in [0.4, 0.5) is 24.9 Å². The van der Waals surface area contributed by atoms with Gasteiger partial charge in [0.25, 0.3) is 0 Å². The zero-order chi connectivity index (χ0) is 30.8. The molecule has 1 aliphatic carbocycles. The van der Waals surface area contributed by atoms with Crippen molar-refractivity contribution in [2.45, 2.75) is 103 Å². The van der Waals surface area contributed by atoms with Gasteiger partial charge >= 0.3 is 12.1 Å². The summed E-state index contributed by atoms with van der Waals surface area (Å²) >= 11 is 0. The second-order valence-electron chi connectivity index (χ2n) is 12.6. The number of anilines is 2. The van der Waals surface area contributed by atoms with E-state index in [0.717, 1.165) is 32.4 Å². The van der Waals surface area contributed by atoms with Crippen LogP contribution in [0.25, 0.3) is 11.2 Å². The summed E-state index contributed by atoms with van der Waals surface area (Å²) in [5.41, 5.74) is 0.918. The van der Waals surface area contributed by atoms with Gasteiger partial charge in [0.05, 0.1) is 18.4 Å². The third kappa shape index (κ3) is 7.08. The minimum atomic E-state index is -5.09. The van der Waals surface area contributed by atoms with Crippen molar-refractivity contribution in [1.29, 1.82) is 0 Å². The van der Waals surface area contributed by atoms with Crippen LogP contribution in [0, 0.1) is 5.41 Å². The first kappa shape index (κ1) is 32.2. The van der Waals surface area contributed by atoms with E-state index in [4.69, 9.17) is 9.97 Å². The second-order valence-corrected chi connectivity index (χ2v) is 12.6. The van der Waals surface area contributed by atoms with E-state index >= 15 is 0 Å². The van der Waals surface area contributed by atoms with Crippen molar-refractivity contribution in [3.05, 3.63) is 6.33 Å². The molecule has 1 saturated heterocycles. The number of likely N-dealkylation sites (N-methyl/N-ethyl adjacent to an activating group) is 1. The molecule has 1 aliphatic heterocycles. The topological polar surface area (TPSA) is 132 Å². The lowest BCUT2D eigenvalue weighted by molar-refractivity contribution is -0.190. The van der Waals surface area contributed by atoms with Crippen molar-refractivity contribution in [1.82, 2.24) is 29.3 Å². The molecule has 236 valence electrons. The SMILES string of the molecule is CCCN(C(=O)C(F)(F)F)[C@H]1C[C@@H](n2cnc3c(NCCC(C)(C)C)nc(NC[C@H]4CCCN4CC)nc32)[C@H](O)[C@@H]1O. The van der Waals surface area contributed by atoms with Crippen LogP contribution in [0.1, 0.15) is 72.8 Å². The Bertz CT molecular complexity index is 1220. The van der Waals surface area contributed by atoms with Crippen molar-refractivity contribution in [2.75, 3.05) is 43.4 Å². The summed E-state index contributed by atoms with van der Waals surface area (Å²) < 4.78 is 41.8. The highest BCUT2D eigenvalue weighted by Crippen LogP contribution is 2.38. The number of hydrogen-bond donors (Lipinski definition) is 4. The third-order valence-corrected chi connectivity index (χ3v) is 8.34. The molecule has 3 heterocycles. The van der Waals surface area contributed by atoms with Crippen LogP contribution < -0.4 is 10.6 Å². The molecule has 0 aromatic carbocycles. The van der Waals surface area contributed by atoms with Gasteiger partial charge in [-0.2, -0.15) is 23.1 Å². The summed E-state index contributed by atoms with van der Waals surface area (Å²) in [6.07, 6.45) is -3.40. The average Bonchev–Trinajstić information content (AvgIpc) is 3.62. The van der Waals surface area contributed by atoms with Crippen LogP contribution >= 0.6 is 0 Å². The fourth-order valence-electron chi connectivity index (χ4n) is 6.06. The smallest absolute Gasteiger partial charge is 0.388 e. The van der Waals surface area contributed by atoms with Gasteiger partial charge in [-0.3, -0.25) is 9.69 Å². The Kier molecular flexibility index (Phi) is 9.88. The van der Waals surface area contributed by atoms with E-state index in [-0.39, 0.29) is 24.8 Å². The summed E-state index contributed by atoms with van der Waals surface area (Å²) in [5, 5.41) is 28.6. The highest BCUT2D eigenvalue weighted by atomic mass is 19.4. The summed E-state index contributed by atoms with van der Waals surface area (Å²) in [6.45, 7) is 13.3. The molecule has 1 saturated carbocycles. The highest BCUT2D eigenvalue weighted by molar-refractivity contribution is 5.84. The van der Waals surface area contributed by atoms with Gasteiger partial charge in [-0.05, 0) is 50.6 Å². The molecule has 4 rings (SSSR count). The molecule has 11 nitrogen and oxygen atoms in total. The van der Waals surface area contributed by atoms with E-state index in [2.05, 4.69) is 48.2 Å². The van der Waals surface area contributed by atoms with Gasteiger partial charge in [0, 0.05) is 25.7 Å². The Morgan fingerprint density at radius 2 is 1.88 bits per heavy atom. The molecule has 14 heteroatoms. The summed E-state index contributed by atoms with van der Waals surface area (Å²) in [5.74, 6) is -1.15. The first-order chi connectivity index (χ1) is 19.7. The number of carbonyl (C=O) groups is 1. The monoisotopic (exact) mass is 598 g/mol. The number of amides is 1. The number of fused-ring (bicyclic) bond motifs is 1. The molecule has 5 atom stereocenters. The molecule has 2 aromatic rings. The maximum Gasteiger partial charge on any atom is 0.471 e. The molecule has 0 bridgehead atoms. The quantitative estimate of drug-likeness (QED) is 0.307. The Hall–Kier alpha value is -2.71. The first-order valence-electron chi connectivity index (χ1n) is 15.0. The number of alkyl halides is 3. The number of aliphatic hydroxyl groups is 2. The Labute approximate surface area is 244 Å². The largest absolute Gasteiger partial charge is 0.471 e. The second kappa shape index (κ2) is 12.9. The Morgan fingerprint density at radius 1 is 1.14 bits per heavy atom. The van der Waals surface area contributed by atoms with Gasteiger partial charge in [0.2, 0.25) is 5.95 Å². The third-order valence-electron chi connectivity index (χ3n) is 8.34. The van der Waals surface area contributed by atoms with Crippen LogP contribution in [0.3, 0.4) is 0 Å². The number of hydrogen-bond acceptors (Lipinski definition) is 9. The van der Waals surface area contributed by atoms with E-state index in [1.165, 1.54) is 6.33 Å². The number of halogens is 3. The number of aromatic nitrogens is 4. The summed E-state index contributed by atoms with van der Waals surface area (Å²) in [6, 6.07) is -1.73. The number of likely N-dealkylation sites (tertiary alicyclic amines) is 1. The Morgan fingerprint density at radius 3 is 2.52 bits per heavy atom. The number of rotatable bonds is 11. The van der Waals surface area contributed by atoms with E-state index in [1.54, 1.807) is 11.5 Å². The van der Waals surface area contributed by atoms with Crippen LogP contribution in [-0.2, 0) is 4.79 Å². The predicted molar refractivity (Wildman–Crippen MR) is 154 cm³/mol. The fraction of sp³-hybridized carbons (Fsp3) is 0.786. The minimum Gasteiger partial charge on any atom is -0.388 e.